The molecule has 0 aromatic heterocycles. The smallest absolute Gasteiger partial charge is 0.0245 e. The van der Waals surface area contributed by atoms with Gasteiger partial charge in [0.2, 0.25) is 0 Å². The van der Waals surface area contributed by atoms with E-state index in [1.54, 1.807) is 0 Å². The molecule has 0 aromatic carbocycles. The number of nitrogens with one attached hydrogen (secondary N) is 1. The van der Waals surface area contributed by atoms with Gasteiger partial charge in [-0.3, -0.25) is 0 Å². The highest BCUT2D eigenvalue weighted by Gasteiger charge is 2.26. The van der Waals surface area contributed by atoms with E-state index in [1.807, 2.05) is 6.92 Å². The zero-order valence-corrected chi connectivity index (χ0v) is 13.3. The van der Waals surface area contributed by atoms with Crippen molar-refractivity contribution in [2.75, 3.05) is 6.54 Å². The molecule has 110 valence electrons. The summed E-state index contributed by atoms with van der Waals surface area (Å²) >= 11 is 0. The van der Waals surface area contributed by atoms with Gasteiger partial charge < -0.3 is 5.32 Å². The lowest BCUT2D eigenvalue weighted by Gasteiger charge is -2.34. The molecular weight excluding hydrogens is 230 g/mol. The third-order valence-electron chi connectivity index (χ3n) is 4.58. The molecule has 0 amide bonds. The molecule has 19 heavy (non-hydrogen) atoms. The van der Waals surface area contributed by atoms with Crippen LogP contribution in [0.25, 0.3) is 0 Å². The van der Waals surface area contributed by atoms with E-state index in [-0.39, 0.29) is 0 Å². The average molecular weight is 263 g/mol. The van der Waals surface area contributed by atoms with Crippen LogP contribution in [0, 0.1) is 23.7 Å². The van der Waals surface area contributed by atoms with E-state index in [4.69, 9.17) is 0 Å². The molecule has 0 heterocycles. The first-order valence-electron chi connectivity index (χ1n) is 8.44. The third-order valence-corrected chi connectivity index (χ3v) is 4.58. The van der Waals surface area contributed by atoms with Crippen LogP contribution in [0.2, 0.25) is 0 Å². The number of hydrogen-bond acceptors (Lipinski definition) is 1. The Bertz CT molecular complexity index is 265. The van der Waals surface area contributed by atoms with E-state index in [0.717, 1.165) is 24.8 Å². The summed E-state index contributed by atoms with van der Waals surface area (Å²) in [6.45, 7) is 7.65. The molecule has 1 saturated carbocycles. The quantitative estimate of drug-likeness (QED) is 0.622. The molecule has 1 rings (SSSR count). The molecule has 0 aromatic rings. The van der Waals surface area contributed by atoms with Crippen LogP contribution in [0.5, 0.6) is 0 Å². The Morgan fingerprint density at radius 1 is 1.11 bits per heavy atom. The van der Waals surface area contributed by atoms with Gasteiger partial charge in [0.1, 0.15) is 0 Å². The summed E-state index contributed by atoms with van der Waals surface area (Å²) in [5, 5.41) is 3.73. The Labute approximate surface area is 120 Å². The van der Waals surface area contributed by atoms with Gasteiger partial charge in [-0.2, -0.15) is 0 Å². The van der Waals surface area contributed by atoms with Gasteiger partial charge in [0, 0.05) is 12.5 Å². The largest absolute Gasteiger partial charge is 0.313 e. The van der Waals surface area contributed by atoms with Crippen molar-refractivity contribution in [3.63, 3.8) is 0 Å². The summed E-state index contributed by atoms with van der Waals surface area (Å²) in [4.78, 5) is 0. The highest BCUT2D eigenvalue weighted by molar-refractivity contribution is 5.00. The summed E-state index contributed by atoms with van der Waals surface area (Å²) in [5.74, 6) is 8.23. The predicted octanol–water partition coefficient (Wildman–Crippen LogP) is 4.76. The van der Waals surface area contributed by atoms with Gasteiger partial charge in [0.15, 0.2) is 0 Å². The van der Waals surface area contributed by atoms with Gasteiger partial charge in [-0.1, -0.05) is 46.0 Å². The second kappa shape index (κ2) is 10.3. The summed E-state index contributed by atoms with van der Waals surface area (Å²) < 4.78 is 0. The number of rotatable bonds is 8. The van der Waals surface area contributed by atoms with Crippen LogP contribution in [0.15, 0.2) is 0 Å². The first kappa shape index (κ1) is 16.6. The molecule has 1 aliphatic rings. The van der Waals surface area contributed by atoms with Crippen molar-refractivity contribution in [2.45, 2.75) is 84.6 Å². The van der Waals surface area contributed by atoms with Crippen molar-refractivity contribution in [3.8, 4) is 11.8 Å². The lowest BCUT2D eigenvalue weighted by atomic mass is 9.76. The fourth-order valence-electron chi connectivity index (χ4n) is 3.32. The Hall–Kier alpha value is -0.480. The number of hydrogen-bond donors (Lipinski definition) is 1. The molecule has 0 bridgehead atoms. The van der Waals surface area contributed by atoms with Crippen LogP contribution < -0.4 is 5.32 Å². The van der Waals surface area contributed by atoms with Crippen LogP contribution in [0.1, 0.15) is 78.6 Å². The molecule has 0 radical (unpaired) electrons. The third kappa shape index (κ3) is 6.48. The maximum Gasteiger partial charge on any atom is 0.0245 e. The van der Waals surface area contributed by atoms with E-state index in [9.17, 15) is 0 Å². The lowest BCUT2D eigenvalue weighted by Crippen LogP contribution is -2.38. The van der Waals surface area contributed by atoms with Gasteiger partial charge in [0.05, 0.1) is 0 Å². The molecule has 1 fully saturated rings. The predicted molar refractivity (Wildman–Crippen MR) is 85.1 cm³/mol. The van der Waals surface area contributed by atoms with E-state index >= 15 is 0 Å². The summed E-state index contributed by atoms with van der Waals surface area (Å²) in [6, 6.07) is 0.638. The second-order valence-electron chi connectivity index (χ2n) is 6.11. The average Bonchev–Trinajstić information content (AvgIpc) is 2.46. The summed E-state index contributed by atoms with van der Waals surface area (Å²) in [5.41, 5.74) is 0. The molecule has 0 spiro atoms. The summed E-state index contributed by atoms with van der Waals surface area (Å²) in [6.07, 6.45) is 12.2. The van der Waals surface area contributed by atoms with Gasteiger partial charge in [-0.25, -0.2) is 0 Å². The molecule has 1 heteroatoms. The van der Waals surface area contributed by atoms with Crippen molar-refractivity contribution in [1.82, 2.24) is 5.32 Å². The normalized spacial score (nSPS) is 24.6. The van der Waals surface area contributed by atoms with Gasteiger partial charge >= 0.3 is 0 Å². The standard InChI is InChI=1S/C18H33N/c1-4-7-9-16-11-13-17(14-12-16)18(10-8-5-2)19-15-6-3/h16-19H,4,6-7,9-15H2,1-3H3. The zero-order valence-electron chi connectivity index (χ0n) is 13.3. The van der Waals surface area contributed by atoms with E-state index in [1.165, 1.54) is 51.4 Å². The molecule has 0 saturated heterocycles. The molecule has 1 unspecified atom stereocenters. The molecule has 1 N–H and O–H groups in total. The first-order chi connectivity index (χ1) is 9.31. The van der Waals surface area contributed by atoms with E-state index in [0.29, 0.717) is 6.04 Å². The van der Waals surface area contributed by atoms with Crippen molar-refractivity contribution >= 4 is 0 Å². The highest BCUT2D eigenvalue weighted by Crippen LogP contribution is 2.34. The minimum Gasteiger partial charge on any atom is -0.313 e. The number of unbranched alkanes of at least 4 members (excludes halogenated alkanes) is 1. The monoisotopic (exact) mass is 263 g/mol. The topological polar surface area (TPSA) is 12.0 Å². The minimum atomic E-state index is 0.638. The summed E-state index contributed by atoms with van der Waals surface area (Å²) in [7, 11) is 0. The van der Waals surface area contributed by atoms with Crippen LogP contribution in [0.3, 0.4) is 0 Å². The van der Waals surface area contributed by atoms with Crippen LogP contribution in [0.4, 0.5) is 0 Å². The van der Waals surface area contributed by atoms with Crippen LogP contribution in [-0.2, 0) is 0 Å². The van der Waals surface area contributed by atoms with Crippen molar-refractivity contribution < 1.29 is 0 Å². The van der Waals surface area contributed by atoms with Crippen molar-refractivity contribution in [1.29, 1.82) is 0 Å². The molecule has 1 nitrogen and oxygen atoms in total. The SMILES string of the molecule is CC#CCC(NCCC)C1CCC(CCCC)CC1. The Morgan fingerprint density at radius 2 is 1.84 bits per heavy atom. The first-order valence-corrected chi connectivity index (χ1v) is 8.44. The van der Waals surface area contributed by atoms with E-state index < -0.39 is 0 Å². The van der Waals surface area contributed by atoms with Crippen molar-refractivity contribution in [2.24, 2.45) is 11.8 Å². The van der Waals surface area contributed by atoms with Gasteiger partial charge in [-0.05, 0) is 44.6 Å². The second-order valence-corrected chi connectivity index (χ2v) is 6.11. The Morgan fingerprint density at radius 3 is 2.42 bits per heavy atom. The van der Waals surface area contributed by atoms with Crippen LogP contribution >= 0.6 is 0 Å². The van der Waals surface area contributed by atoms with Gasteiger partial charge in [-0.15, -0.1) is 11.8 Å². The molecule has 1 atom stereocenters. The van der Waals surface area contributed by atoms with E-state index in [2.05, 4.69) is 31.0 Å². The maximum absolute atomic E-state index is 3.73. The van der Waals surface area contributed by atoms with Crippen LogP contribution in [-0.4, -0.2) is 12.6 Å². The molecule has 1 aliphatic carbocycles. The molecular formula is C18H33N. The fourth-order valence-corrected chi connectivity index (χ4v) is 3.32. The minimum absolute atomic E-state index is 0.638. The van der Waals surface area contributed by atoms with Crippen molar-refractivity contribution in [3.05, 3.63) is 0 Å². The maximum atomic E-state index is 3.73. The Kier molecular flexibility index (Phi) is 9.01. The molecule has 0 aliphatic heterocycles. The van der Waals surface area contributed by atoms with Gasteiger partial charge in [0.25, 0.3) is 0 Å². The lowest BCUT2D eigenvalue weighted by molar-refractivity contribution is 0.213. The fraction of sp³-hybridized carbons (Fsp3) is 0.889. The highest BCUT2D eigenvalue weighted by atomic mass is 14.9. The Balaban J connectivity index is 2.36. The zero-order chi connectivity index (χ0) is 13.9.